The van der Waals surface area contributed by atoms with E-state index in [-0.39, 0.29) is 216 Å². The van der Waals surface area contributed by atoms with Crippen molar-refractivity contribution in [1.29, 1.82) is 0 Å². The van der Waals surface area contributed by atoms with E-state index in [9.17, 15) is 74.7 Å². The van der Waals surface area contributed by atoms with E-state index in [1.165, 1.54) is 0 Å². The second-order valence-corrected chi connectivity index (χ2v) is 22.6. The average molecular weight is 1400 g/mol. The number of hydrogen-bond acceptors (Lipinski definition) is 30. The summed E-state index contributed by atoms with van der Waals surface area (Å²) in [5, 5.41) is 110. The minimum Gasteiger partial charge on any atom is -0.481 e. The summed E-state index contributed by atoms with van der Waals surface area (Å²) in [4.78, 5) is 76.9. The van der Waals surface area contributed by atoms with E-state index in [1.807, 2.05) is 0 Å². The summed E-state index contributed by atoms with van der Waals surface area (Å²) < 4.78 is 82.1. The van der Waals surface area contributed by atoms with Gasteiger partial charge in [0.15, 0.2) is 12.6 Å². The molecule has 2 aliphatic heterocycles. The largest absolute Gasteiger partial charge is 0.481 e. The van der Waals surface area contributed by atoms with Crippen LogP contribution in [0.25, 0.3) is 0 Å². The summed E-state index contributed by atoms with van der Waals surface area (Å²) in [6.07, 6.45) is -8.23. The fourth-order valence-corrected chi connectivity index (χ4v) is 9.71. The molecule has 0 aromatic heterocycles. The molecule has 560 valence electrons. The molecular formula is C60H109N5O31. The van der Waals surface area contributed by atoms with Crippen LogP contribution in [0.1, 0.15) is 70.6 Å². The summed E-state index contributed by atoms with van der Waals surface area (Å²) in [5.41, 5.74) is 0. The van der Waals surface area contributed by atoms with Crippen LogP contribution >= 0.6 is 0 Å². The molecule has 0 spiro atoms. The van der Waals surface area contributed by atoms with Crippen molar-refractivity contribution < 1.29 is 151 Å². The van der Waals surface area contributed by atoms with E-state index in [4.69, 9.17) is 76.2 Å². The number of amides is 5. The lowest BCUT2D eigenvalue weighted by atomic mass is 9.83. The Kier molecular flexibility index (Phi) is 49.0. The second kappa shape index (κ2) is 54.7. The number of rotatable bonds is 59. The Balaban J connectivity index is 1.40. The van der Waals surface area contributed by atoms with E-state index in [0.29, 0.717) is 32.1 Å². The molecule has 2 saturated heterocycles. The molecule has 0 unspecified atom stereocenters. The van der Waals surface area contributed by atoms with Gasteiger partial charge in [0.25, 0.3) is 0 Å². The van der Waals surface area contributed by atoms with Gasteiger partial charge in [0, 0.05) is 51.4 Å². The molecule has 14 atom stereocenters. The summed E-state index contributed by atoms with van der Waals surface area (Å²) in [5.74, 6) is -4.25. The minimum absolute atomic E-state index is 0.0121. The molecule has 0 radical (unpaired) electrons. The van der Waals surface area contributed by atoms with Gasteiger partial charge < -0.3 is 149 Å². The number of nitrogens with one attached hydrogen (secondary N) is 5. The first kappa shape index (κ1) is 86.1. The maximum atomic E-state index is 14.0. The van der Waals surface area contributed by atoms with Gasteiger partial charge in [-0.05, 0) is 44.9 Å². The van der Waals surface area contributed by atoms with Crippen LogP contribution in [0, 0.1) is 5.92 Å². The van der Waals surface area contributed by atoms with E-state index in [1.54, 1.807) is 0 Å². The molecule has 3 aliphatic rings. The van der Waals surface area contributed by atoms with Crippen LogP contribution in [0.15, 0.2) is 0 Å². The SMILES string of the molecule is O=C(O)CCOCCNC(=O)[C@H](CCCCNC(=O)COCCOCCOCCO[C@H]1C[C@@H](O)[C@@H](O)[C@@H](CO)O1)NC(=O)[C@H](CCCCNC(=O)COCCOCCOCCO[C@H]1C[C@@H](O)[C@@H](O)[C@@H](CO)O1)NC(=O)COCCOCCOCCO[C@@H]1C[C@H](CO)[C@H](O)[C@H](O)C1. The predicted molar refractivity (Wildman–Crippen MR) is 329 cm³/mol. The number of carboxylic acids is 1. The molecule has 0 aromatic carbocycles. The molecule has 5 amide bonds. The first-order valence-corrected chi connectivity index (χ1v) is 32.9. The summed E-state index contributed by atoms with van der Waals surface area (Å²) >= 11 is 0. The highest BCUT2D eigenvalue weighted by molar-refractivity contribution is 5.92. The van der Waals surface area contributed by atoms with Crippen LogP contribution in [-0.2, 0) is 99.8 Å². The third kappa shape index (κ3) is 40.2. The predicted octanol–water partition coefficient (Wildman–Crippen LogP) is -6.51. The smallest absolute Gasteiger partial charge is 0.305 e. The fourth-order valence-electron chi connectivity index (χ4n) is 9.71. The van der Waals surface area contributed by atoms with Crippen LogP contribution in [0.2, 0.25) is 0 Å². The summed E-state index contributed by atoms with van der Waals surface area (Å²) in [7, 11) is 0. The van der Waals surface area contributed by atoms with Crippen molar-refractivity contribution in [3.8, 4) is 0 Å². The molecule has 0 aromatic rings. The van der Waals surface area contributed by atoms with Gasteiger partial charge >= 0.3 is 5.97 Å². The number of aliphatic hydroxyl groups is 9. The number of ether oxygens (including phenoxy) is 15. The van der Waals surface area contributed by atoms with Gasteiger partial charge in [-0.15, -0.1) is 0 Å². The highest BCUT2D eigenvalue weighted by atomic mass is 16.7. The lowest BCUT2D eigenvalue weighted by Gasteiger charge is -2.35. The highest BCUT2D eigenvalue weighted by Crippen LogP contribution is 2.27. The fraction of sp³-hybridized carbons (Fsp3) is 0.900. The zero-order valence-electron chi connectivity index (χ0n) is 54.9. The third-order valence-electron chi connectivity index (χ3n) is 15.0. The monoisotopic (exact) mass is 1400 g/mol. The van der Waals surface area contributed by atoms with E-state index < -0.39 is 135 Å². The molecule has 3 rings (SSSR count). The Hall–Kier alpha value is -4.14. The van der Waals surface area contributed by atoms with Crippen LogP contribution in [-0.4, -0.2) is 358 Å². The van der Waals surface area contributed by atoms with Crippen LogP contribution < -0.4 is 26.6 Å². The van der Waals surface area contributed by atoms with Gasteiger partial charge in [0.2, 0.25) is 29.5 Å². The number of aliphatic carboxylic acids is 1. The van der Waals surface area contributed by atoms with Gasteiger partial charge in [0.1, 0.15) is 56.3 Å². The van der Waals surface area contributed by atoms with Crippen LogP contribution in [0.3, 0.4) is 0 Å². The zero-order valence-corrected chi connectivity index (χ0v) is 54.9. The maximum absolute atomic E-state index is 14.0. The van der Waals surface area contributed by atoms with Crippen molar-refractivity contribution >= 4 is 35.5 Å². The lowest BCUT2D eigenvalue weighted by molar-refractivity contribution is -0.259. The van der Waals surface area contributed by atoms with Crippen molar-refractivity contribution in [1.82, 2.24) is 26.6 Å². The maximum Gasteiger partial charge on any atom is 0.305 e. The molecule has 1 saturated carbocycles. The van der Waals surface area contributed by atoms with E-state index >= 15 is 0 Å². The Bertz CT molecular complexity index is 2050. The molecular weight excluding hydrogens is 1290 g/mol. The number of carbonyl (C=O) groups is 6. The Labute approximate surface area is 559 Å². The van der Waals surface area contributed by atoms with Crippen molar-refractivity contribution in [3.63, 3.8) is 0 Å². The second-order valence-electron chi connectivity index (χ2n) is 22.6. The Morgan fingerprint density at radius 3 is 1.22 bits per heavy atom. The van der Waals surface area contributed by atoms with Crippen LogP contribution in [0.4, 0.5) is 0 Å². The van der Waals surface area contributed by atoms with E-state index in [2.05, 4.69) is 26.6 Å². The van der Waals surface area contributed by atoms with Crippen molar-refractivity contribution in [2.45, 2.75) is 150 Å². The molecule has 36 nitrogen and oxygen atoms in total. The van der Waals surface area contributed by atoms with Crippen molar-refractivity contribution in [2.75, 3.05) is 191 Å². The topological polar surface area (TPSA) is 503 Å². The van der Waals surface area contributed by atoms with E-state index in [0.717, 1.165) is 0 Å². The lowest BCUT2D eigenvalue weighted by Crippen LogP contribution is -2.54. The van der Waals surface area contributed by atoms with Crippen LogP contribution in [0.5, 0.6) is 0 Å². The van der Waals surface area contributed by atoms with Gasteiger partial charge in [-0.25, -0.2) is 0 Å². The number of hydrogen-bond donors (Lipinski definition) is 15. The summed E-state index contributed by atoms with van der Waals surface area (Å²) in [6, 6.07) is -2.29. The number of carboxylic acid groups (broad SMARTS) is 1. The molecule has 96 heavy (non-hydrogen) atoms. The van der Waals surface area contributed by atoms with Gasteiger partial charge in [-0.2, -0.15) is 0 Å². The first-order chi connectivity index (χ1) is 46.4. The molecule has 36 heteroatoms. The summed E-state index contributed by atoms with van der Waals surface area (Å²) in [6.45, 7) is 1.38. The molecule has 1 aliphatic carbocycles. The number of aliphatic hydroxyl groups excluding tert-OH is 9. The molecule has 3 fully saturated rings. The van der Waals surface area contributed by atoms with Gasteiger partial charge in [-0.1, -0.05) is 0 Å². The third-order valence-corrected chi connectivity index (χ3v) is 15.0. The standard InChI is InChI=1S/C60H109N5O31/c66-35-41-31-42(32-45(69)56(41)77)92-28-25-86-16-13-85-21-24-91-40-52(74)64-44(6-2-4-9-62-51(73)39-90-23-20-84-15-18-88-27-30-94-55-34-47(71)58(79)49(37-68)96-55)60(81)65-43(59(80)63-10-12-82-11-7-53(75)76)5-1-3-8-61-50(72)38-89-22-19-83-14-17-87-26-29-93-54-33-46(70)57(78)48(36-67)95-54/h41-49,54-58,66-71,77-79H,1-40H2,(H,61,72)(H,62,73)(H,63,80)(H,64,74)(H,65,81)(H,75,76)/t41-,42-,43+,44+,45-,46-,47-,48-,49-,54-,55-,56+,57-,58-/m1/s1. The highest BCUT2D eigenvalue weighted by Gasteiger charge is 2.39. The van der Waals surface area contributed by atoms with Gasteiger partial charge in [-0.3, -0.25) is 28.8 Å². The van der Waals surface area contributed by atoms with Gasteiger partial charge in [0.05, 0.1) is 182 Å². The Morgan fingerprint density at radius 2 is 0.781 bits per heavy atom. The van der Waals surface area contributed by atoms with Crippen molar-refractivity contribution in [3.05, 3.63) is 0 Å². The quantitative estimate of drug-likeness (QED) is 0.0252. The van der Waals surface area contributed by atoms with Crippen molar-refractivity contribution in [2.24, 2.45) is 5.92 Å². The Morgan fingerprint density at radius 1 is 0.385 bits per heavy atom. The molecule has 0 bridgehead atoms. The number of unbranched alkanes of at least 4 members (excludes halogenated alkanes) is 2. The average Bonchev–Trinajstić information content (AvgIpc) is 1.07. The number of carbonyl (C=O) groups excluding carboxylic acids is 5. The minimum atomic E-state index is -1.20. The first-order valence-electron chi connectivity index (χ1n) is 32.9. The molecule has 2 heterocycles. The normalized spacial score (nSPS) is 24.2. The zero-order chi connectivity index (χ0) is 70.0. The molecule has 15 N–H and O–H groups in total.